The fourth-order valence-electron chi connectivity index (χ4n) is 4.05. The quantitative estimate of drug-likeness (QED) is 0.368. The van der Waals surface area contributed by atoms with Crippen molar-refractivity contribution in [2.45, 2.75) is 25.3 Å². The van der Waals surface area contributed by atoms with Crippen LogP contribution in [-0.4, -0.2) is 45.2 Å². The summed E-state index contributed by atoms with van der Waals surface area (Å²) in [6.07, 6.45) is 8.32. The van der Waals surface area contributed by atoms with Crippen molar-refractivity contribution in [3.8, 4) is 0 Å². The largest absolute Gasteiger partial charge is 0.326 e. The Hall–Kier alpha value is -2.96. The van der Waals surface area contributed by atoms with Crippen LogP contribution in [0.2, 0.25) is 0 Å². The fraction of sp³-hybridized carbons (Fsp3) is 0.304. The highest BCUT2D eigenvalue weighted by molar-refractivity contribution is 5.91. The van der Waals surface area contributed by atoms with Gasteiger partial charge in [0.05, 0.1) is 17.4 Å². The Bertz CT molecular complexity index is 997. The summed E-state index contributed by atoms with van der Waals surface area (Å²) in [6, 6.07) is 17.1. The minimum Gasteiger partial charge on any atom is -0.326 e. The molecule has 1 aliphatic rings. The molecule has 3 aromatic rings. The summed E-state index contributed by atoms with van der Waals surface area (Å²) in [4.78, 5) is 18.2. The Labute approximate surface area is 170 Å². The molecule has 0 bridgehead atoms. The van der Waals surface area contributed by atoms with Crippen molar-refractivity contribution in [2.24, 2.45) is 0 Å². The molecule has 6 heteroatoms. The van der Waals surface area contributed by atoms with Crippen LogP contribution in [0.5, 0.6) is 0 Å². The zero-order chi connectivity index (χ0) is 20.1. The number of benzene rings is 2. The maximum absolute atomic E-state index is 11.1. The number of aromatic nitrogens is 2. The molecule has 0 saturated carbocycles. The molecule has 2 N–H and O–H groups in total. The average Bonchev–Trinajstić information content (AvgIpc) is 3.39. The first-order chi connectivity index (χ1) is 14.2. The number of nitrogens with one attached hydrogen (secondary N) is 1. The molecule has 1 unspecified atom stereocenters. The van der Waals surface area contributed by atoms with Crippen molar-refractivity contribution in [3.63, 3.8) is 0 Å². The van der Waals surface area contributed by atoms with Crippen LogP contribution in [0.15, 0.2) is 60.9 Å². The molecular formula is C23H26N4O2. The van der Waals surface area contributed by atoms with Crippen molar-refractivity contribution >= 4 is 23.0 Å². The second-order valence-corrected chi connectivity index (χ2v) is 7.54. The third-order valence-electron chi connectivity index (χ3n) is 5.56. The van der Waals surface area contributed by atoms with E-state index in [0.717, 1.165) is 49.1 Å². The SMILES string of the molecule is O=C(C=Cc1ccc2c(c1)ncn2C1CCN(CCCc2ccccc2)C1)NO. The Kier molecular flexibility index (Phi) is 6.03. The number of rotatable bonds is 7. The minimum absolute atomic E-state index is 0.443. The van der Waals surface area contributed by atoms with Gasteiger partial charge in [0.1, 0.15) is 0 Å². The monoisotopic (exact) mass is 390 g/mol. The van der Waals surface area contributed by atoms with Crippen LogP contribution in [0.1, 0.15) is 30.0 Å². The van der Waals surface area contributed by atoms with E-state index >= 15 is 0 Å². The highest BCUT2D eigenvalue weighted by Crippen LogP contribution is 2.26. The first kappa shape index (κ1) is 19.4. The van der Waals surface area contributed by atoms with E-state index in [-0.39, 0.29) is 0 Å². The lowest BCUT2D eigenvalue weighted by molar-refractivity contribution is -0.124. The zero-order valence-electron chi connectivity index (χ0n) is 16.4. The van der Waals surface area contributed by atoms with E-state index in [4.69, 9.17) is 5.21 Å². The lowest BCUT2D eigenvalue weighted by Gasteiger charge is -2.17. The summed E-state index contributed by atoms with van der Waals surface area (Å²) < 4.78 is 2.28. The third-order valence-corrected chi connectivity index (χ3v) is 5.56. The number of aryl methyl sites for hydroxylation is 1. The zero-order valence-corrected chi connectivity index (χ0v) is 16.4. The molecule has 2 aromatic carbocycles. The van der Waals surface area contributed by atoms with Crippen LogP contribution in [0, 0.1) is 0 Å². The maximum Gasteiger partial charge on any atom is 0.267 e. The molecule has 0 aliphatic carbocycles. The molecule has 4 rings (SSSR count). The van der Waals surface area contributed by atoms with Gasteiger partial charge >= 0.3 is 0 Å². The number of carbonyl (C=O) groups is 1. The van der Waals surface area contributed by atoms with Gasteiger partial charge in [0.2, 0.25) is 0 Å². The van der Waals surface area contributed by atoms with Gasteiger partial charge in [-0.15, -0.1) is 0 Å². The Morgan fingerprint density at radius 3 is 2.93 bits per heavy atom. The van der Waals surface area contributed by atoms with E-state index < -0.39 is 5.91 Å². The molecule has 6 nitrogen and oxygen atoms in total. The van der Waals surface area contributed by atoms with Crippen molar-refractivity contribution in [1.82, 2.24) is 19.9 Å². The summed E-state index contributed by atoms with van der Waals surface area (Å²) in [5, 5.41) is 8.57. The molecular weight excluding hydrogens is 364 g/mol. The number of hydrogen-bond donors (Lipinski definition) is 2. The molecule has 1 aliphatic heterocycles. The number of fused-ring (bicyclic) bond motifs is 1. The van der Waals surface area contributed by atoms with E-state index in [1.165, 1.54) is 18.1 Å². The van der Waals surface area contributed by atoms with Gasteiger partial charge in [-0.1, -0.05) is 36.4 Å². The molecule has 1 aromatic heterocycles. The Morgan fingerprint density at radius 2 is 2.10 bits per heavy atom. The molecule has 150 valence electrons. The van der Waals surface area contributed by atoms with Crippen LogP contribution in [0.3, 0.4) is 0 Å². The van der Waals surface area contributed by atoms with Gasteiger partial charge in [0.15, 0.2) is 0 Å². The molecule has 29 heavy (non-hydrogen) atoms. The van der Waals surface area contributed by atoms with Crippen molar-refractivity contribution in [2.75, 3.05) is 19.6 Å². The summed E-state index contributed by atoms with van der Waals surface area (Å²) >= 11 is 0. The van der Waals surface area contributed by atoms with Crippen LogP contribution in [0.25, 0.3) is 17.1 Å². The number of likely N-dealkylation sites (tertiary alicyclic amines) is 1. The van der Waals surface area contributed by atoms with Gasteiger partial charge in [-0.2, -0.15) is 0 Å². The van der Waals surface area contributed by atoms with E-state index in [1.54, 1.807) is 11.6 Å². The summed E-state index contributed by atoms with van der Waals surface area (Å²) in [5.41, 5.74) is 5.91. The number of hydroxylamine groups is 1. The molecule has 1 atom stereocenters. The lowest BCUT2D eigenvalue weighted by atomic mass is 10.1. The topological polar surface area (TPSA) is 70.4 Å². The van der Waals surface area contributed by atoms with Crippen LogP contribution < -0.4 is 5.48 Å². The summed E-state index contributed by atoms with van der Waals surface area (Å²) in [6.45, 7) is 3.30. The number of nitrogens with zero attached hydrogens (tertiary/aromatic N) is 3. The predicted molar refractivity (Wildman–Crippen MR) is 114 cm³/mol. The molecule has 1 fully saturated rings. The van der Waals surface area contributed by atoms with Crippen LogP contribution in [0.4, 0.5) is 0 Å². The smallest absolute Gasteiger partial charge is 0.267 e. The van der Waals surface area contributed by atoms with Crippen LogP contribution in [-0.2, 0) is 11.2 Å². The molecule has 0 radical (unpaired) electrons. The predicted octanol–water partition coefficient (Wildman–Crippen LogP) is 3.43. The fourth-order valence-corrected chi connectivity index (χ4v) is 4.05. The van der Waals surface area contributed by atoms with E-state index in [9.17, 15) is 4.79 Å². The van der Waals surface area contributed by atoms with Gasteiger partial charge in [-0.05, 0) is 55.1 Å². The highest BCUT2D eigenvalue weighted by atomic mass is 16.5. The number of carbonyl (C=O) groups excluding carboxylic acids is 1. The maximum atomic E-state index is 11.1. The highest BCUT2D eigenvalue weighted by Gasteiger charge is 2.24. The van der Waals surface area contributed by atoms with Gasteiger partial charge in [0, 0.05) is 25.2 Å². The first-order valence-corrected chi connectivity index (χ1v) is 10.1. The summed E-state index contributed by atoms with van der Waals surface area (Å²) in [7, 11) is 0. The van der Waals surface area contributed by atoms with Crippen molar-refractivity contribution in [1.29, 1.82) is 0 Å². The molecule has 0 spiro atoms. The lowest BCUT2D eigenvalue weighted by Crippen LogP contribution is -2.23. The number of amides is 1. The Balaban J connectivity index is 1.36. The van der Waals surface area contributed by atoms with E-state index in [0.29, 0.717) is 6.04 Å². The Morgan fingerprint density at radius 1 is 1.24 bits per heavy atom. The third kappa shape index (κ3) is 4.72. The van der Waals surface area contributed by atoms with Gasteiger partial charge in [-0.25, -0.2) is 10.5 Å². The van der Waals surface area contributed by atoms with Gasteiger partial charge < -0.3 is 9.47 Å². The first-order valence-electron chi connectivity index (χ1n) is 10.1. The van der Waals surface area contributed by atoms with Crippen LogP contribution >= 0.6 is 0 Å². The standard InChI is InChI=1S/C23H26N4O2/c28-23(25-29)11-9-19-8-10-22-21(15-19)24-17-27(22)20-12-14-26(16-20)13-4-7-18-5-2-1-3-6-18/h1-3,5-6,8-11,15,17,20,29H,4,7,12-14,16H2,(H,25,28). The second kappa shape index (κ2) is 9.03. The minimum atomic E-state index is -0.547. The van der Waals surface area contributed by atoms with E-state index in [1.807, 2.05) is 18.5 Å². The molecule has 1 saturated heterocycles. The molecule has 1 amide bonds. The van der Waals surface area contributed by atoms with Gasteiger partial charge in [0.25, 0.3) is 5.91 Å². The van der Waals surface area contributed by atoms with Gasteiger partial charge in [-0.3, -0.25) is 10.0 Å². The second-order valence-electron chi connectivity index (χ2n) is 7.54. The van der Waals surface area contributed by atoms with Crippen molar-refractivity contribution < 1.29 is 10.0 Å². The number of hydrogen-bond acceptors (Lipinski definition) is 4. The number of imidazole rings is 1. The summed E-state index contributed by atoms with van der Waals surface area (Å²) in [5.74, 6) is -0.547. The van der Waals surface area contributed by atoms with E-state index in [2.05, 4.69) is 50.8 Å². The molecule has 2 heterocycles. The average molecular weight is 390 g/mol. The van der Waals surface area contributed by atoms with Crippen molar-refractivity contribution in [3.05, 3.63) is 72.1 Å². The normalized spacial score (nSPS) is 17.3.